The van der Waals surface area contributed by atoms with Gasteiger partial charge in [0.15, 0.2) is 0 Å². The molecular formula is C8H8BrCl2N. The van der Waals surface area contributed by atoms with Crippen LogP contribution in [0.15, 0.2) is 18.2 Å². The van der Waals surface area contributed by atoms with E-state index in [9.17, 15) is 0 Å². The molecule has 4 heteroatoms. The Morgan fingerprint density at radius 3 is 2.58 bits per heavy atom. The standard InChI is InChI=1S/C8H8BrCl2N/c9-5-12-4-6-1-2-7(10)8(11)3-6/h1-3,12H,4-5H2. The van der Waals surface area contributed by atoms with Crippen molar-refractivity contribution in [3.05, 3.63) is 33.8 Å². The van der Waals surface area contributed by atoms with Crippen LogP contribution in [0.4, 0.5) is 0 Å². The van der Waals surface area contributed by atoms with E-state index in [1.54, 1.807) is 6.07 Å². The van der Waals surface area contributed by atoms with E-state index in [2.05, 4.69) is 21.2 Å². The van der Waals surface area contributed by atoms with Crippen LogP contribution in [0.2, 0.25) is 10.0 Å². The molecule has 0 heterocycles. The number of halogens is 3. The summed E-state index contributed by atoms with van der Waals surface area (Å²) in [5, 5.41) is 4.33. The predicted octanol–water partition coefficient (Wildman–Crippen LogP) is 3.44. The largest absolute Gasteiger partial charge is 0.303 e. The number of benzene rings is 1. The van der Waals surface area contributed by atoms with Crippen LogP contribution in [0.5, 0.6) is 0 Å². The lowest BCUT2D eigenvalue weighted by Gasteiger charge is -2.02. The summed E-state index contributed by atoms with van der Waals surface area (Å²) in [6.07, 6.45) is 0. The maximum absolute atomic E-state index is 5.82. The molecule has 0 fully saturated rings. The van der Waals surface area contributed by atoms with Crippen LogP contribution in [-0.2, 0) is 6.54 Å². The van der Waals surface area contributed by atoms with Gasteiger partial charge in [-0.1, -0.05) is 45.2 Å². The molecule has 1 N–H and O–H groups in total. The van der Waals surface area contributed by atoms with E-state index in [-0.39, 0.29) is 0 Å². The Morgan fingerprint density at radius 1 is 1.25 bits per heavy atom. The van der Waals surface area contributed by atoms with Crippen molar-refractivity contribution in [3.63, 3.8) is 0 Å². The summed E-state index contributed by atoms with van der Waals surface area (Å²) in [5.74, 6) is 0. The predicted molar refractivity (Wildman–Crippen MR) is 57.1 cm³/mol. The third kappa shape index (κ3) is 2.94. The minimum Gasteiger partial charge on any atom is -0.303 e. The fourth-order valence-electron chi connectivity index (χ4n) is 0.841. The zero-order chi connectivity index (χ0) is 8.97. The summed E-state index contributed by atoms with van der Waals surface area (Å²) >= 11 is 14.8. The van der Waals surface area contributed by atoms with Gasteiger partial charge in [-0.2, -0.15) is 0 Å². The van der Waals surface area contributed by atoms with Crippen LogP contribution in [0.25, 0.3) is 0 Å². The zero-order valence-corrected chi connectivity index (χ0v) is 9.38. The summed E-state index contributed by atoms with van der Waals surface area (Å²) < 4.78 is 0. The molecule has 0 aliphatic rings. The van der Waals surface area contributed by atoms with Gasteiger partial charge >= 0.3 is 0 Å². The molecule has 0 amide bonds. The van der Waals surface area contributed by atoms with Crippen LogP contribution in [0, 0.1) is 0 Å². The monoisotopic (exact) mass is 267 g/mol. The third-order valence-corrected chi connectivity index (χ3v) is 2.54. The van der Waals surface area contributed by atoms with E-state index in [1.807, 2.05) is 12.1 Å². The molecule has 66 valence electrons. The summed E-state index contributed by atoms with van der Waals surface area (Å²) in [5.41, 5.74) is 1.90. The second-order valence-corrected chi connectivity index (χ2v) is 3.68. The second kappa shape index (κ2) is 5.07. The fraction of sp³-hybridized carbons (Fsp3) is 0.250. The number of hydrogen-bond acceptors (Lipinski definition) is 1. The first kappa shape index (κ1) is 10.3. The molecule has 0 unspecified atom stereocenters. The molecule has 1 aromatic carbocycles. The Bertz CT molecular complexity index is 265. The SMILES string of the molecule is Clc1ccc(CNCBr)cc1Cl. The van der Waals surface area contributed by atoms with Gasteiger partial charge < -0.3 is 5.32 Å². The normalized spacial score (nSPS) is 10.2. The summed E-state index contributed by atoms with van der Waals surface area (Å²) in [4.78, 5) is 0. The highest BCUT2D eigenvalue weighted by Gasteiger charge is 1.97. The van der Waals surface area contributed by atoms with Gasteiger partial charge in [0.25, 0.3) is 0 Å². The summed E-state index contributed by atoms with van der Waals surface area (Å²) in [6, 6.07) is 5.61. The van der Waals surface area contributed by atoms with Crippen molar-refractivity contribution < 1.29 is 0 Å². The van der Waals surface area contributed by atoms with Crippen molar-refractivity contribution in [2.75, 3.05) is 5.45 Å². The minimum atomic E-state index is 0.597. The Labute approximate surface area is 90.2 Å². The number of rotatable bonds is 3. The van der Waals surface area contributed by atoms with Gasteiger partial charge in [-0.05, 0) is 17.7 Å². The van der Waals surface area contributed by atoms with Crippen molar-refractivity contribution in [1.82, 2.24) is 5.32 Å². The molecular weight excluding hydrogens is 261 g/mol. The topological polar surface area (TPSA) is 12.0 Å². The maximum Gasteiger partial charge on any atom is 0.0595 e. The first-order valence-corrected chi connectivity index (χ1v) is 5.32. The van der Waals surface area contributed by atoms with Gasteiger partial charge in [-0.15, -0.1) is 0 Å². The first-order valence-electron chi connectivity index (χ1n) is 3.44. The lowest BCUT2D eigenvalue weighted by Crippen LogP contribution is -2.09. The van der Waals surface area contributed by atoms with Crippen LogP contribution in [-0.4, -0.2) is 5.45 Å². The Morgan fingerprint density at radius 2 is 2.00 bits per heavy atom. The molecule has 1 aromatic rings. The van der Waals surface area contributed by atoms with E-state index in [0.717, 1.165) is 17.6 Å². The third-order valence-electron chi connectivity index (χ3n) is 1.41. The molecule has 1 nitrogen and oxygen atoms in total. The van der Waals surface area contributed by atoms with Crippen LogP contribution >= 0.6 is 39.1 Å². The van der Waals surface area contributed by atoms with Crippen LogP contribution in [0.3, 0.4) is 0 Å². The Balaban J connectivity index is 2.69. The molecule has 0 bridgehead atoms. The average Bonchev–Trinajstić information content (AvgIpc) is 2.07. The van der Waals surface area contributed by atoms with E-state index >= 15 is 0 Å². The van der Waals surface area contributed by atoms with Crippen molar-refractivity contribution in [2.24, 2.45) is 0 Å². The van der Waals surface area contributed by atoms with Gasteiger partial charge in [0.2, 0.25) is 0 Å². The molecule has 1 rings (SSSR count). The Kier molecular flexibility index (Phi) is 4.36. The van der Waals surface area contributed by atoms with E-state index in [0.29, 0.717) is 10.0 Å². The lowest BCUT2D eigenvalue weighted by molar-refractivity contribution is 0.802. The van der Waals surface area contributed by atoms with Gasteiger partial charge in [0, 0.05) is 6.54 Å². The van der Waals surface area contributed by atoms with Gasteiger partial charge in [0.05, 0.1) is 15.5 Å². The maximum atomic E-state index is 5.82. The summed E-state index contributed by atoms with van der Waals surface area (Å²) in [7, 11) is 0. The van der Waals surface area contributed by atoms with E-state index < -0.39 is 0 Å². The first-order chi connectivity index (χ1) is 5.74. The highest BCUT2D eigenvalue weighted by Crippen LogP contribution is 2.22. The average molecular weight is 269 g/mol. The second-order valence-electron chi connectivity index (χ2n) is 2.31. The zero-order valence-electron chi connectivity index (χ0n) is 6.28. The Hall–Kier alpha value is 0.240. The van der Waals surface area contributed by atoms with Crippen LogP contribution < -0.4 is 5.32 Å². The van der Waals surface area contributed by atoms with Gasteiger partial charge in [0.1, 0.15) is 0 Å². The van der Waals surface area contributed by atoms with Crippen LogP contribution in [0.1, 0.15) is 5.56 Å². The quantitative estimate of drug-likeness (QED) is 0.654. The van der Waals surface area contributed by atoms with Crippen molar-refractivity contribution in [2.45, 2.75) is 6.54 Å². The molecule has 0 saturated carbocycles. The molecule has 0 radical (unpaired) electrons. The summed E-state index contributed by atoms with van der Waals surface area (Å²) in [6.45, 7) is 0.794. The van der Waals surface area contributed by atoms with Crippen molar-refractivity contribution in [1.29, 1.82) is 0 Å². The van der Waals surface area contributed by atoms with E-state index in [1.165, 1.54) is 0 Å². The highest BCUT2D eigenvalue weighted by atomic mass is 79.9. The number of nitrogens with one attached hydrogen (secondary N) is 1. The minimum absolute atomic E-state index is 0.597. The smallest absolute Gasteiger partial charge is 0.0595 e. The number of hydrogen-bond donors (Lipinski definition) is 1. The highest BCUT2D eigenvalue weighted by molar-refractivity contribution is 9.09. The molecule has 0 aliphatic carbocycles. The van der Waals surface area contributed by atoms with E-state index in [4.69, 9.17) is 23.2 Å². The van der Waals surface area contributed by atoms with Crippen molar-refractivity contribution in [3.8, 4) is 0 Å². The van der Waals surface area contributed by atoms with Gasteiger partial charge in [-0.25, -0.2) is 0 Å². The molecule has 0 spiro atoms. The van der Waals surface area contributed by atoms with Gasteiger partial charge in [-0.3, -0.25) is 0 Å². The van der Waals surface area contributed by atoms with Crippen molar-refractivity contribution >= 4 is 39.1 Å². The molecule has 0 aromatic heterocycles. The number of alkyl halides is 1. The molecule has 12 heavy (non-hydrogen) atoms. The fourth-order valence-corrected chi connectivity index (χ4v) is 1.36. The lowest BCUT2D eigenvalue weighted by atomic mass is 10.2. The molecule has 0 saturated heterocycles. The molecule has 0 atom stereocenters. The molecule has 0 aliphatic heterocycles.